The number of halogens is 2. The van der Waals surface area contributed by atoms with Gasteiger partial charge in [0.2, 0.25) is 21.7 Å². The van der Waals surface area contributed by atoms with Crippen molar-refractivity contribution in [3.05, 3.63) is 28.2 Å². The predicted molar refractivity (Wildman–Crippen MR) is 138 cm³/mol. The molecule has 6 nitrogen and oxygen atoms in total. The first-order valence-electron chi connectivity index (χ1n) is 10.6. The van der Waals surface area contributed by atoms with Crippen molar-refractivity contribution in [2.24, 2.45) is 5.92 Å². The molecule has 0 aliphatic carbocycles. The summed E-state index contributed by atoms with van der Waals surface area (Å²) in [6.45, 7) is 12.9. The molecule has 0 spiro atoms. The van der Waals surface area contributed by atoms with Crippen LogP contribution in [0.2, 0.25) is 28.2 Å². The second-order valence-electron chi connectivity index (χ2n) is 9.51. The Balaban J connectivity index is 2.71. The summed E-state index contributed by atoms with van der Waals surface area (Å²) in [6, 6.07) is 4.13. The van der Waals surface area contributed by atoms with Gasteiger partial charge in [0.05, 0.1) is 11.9 Å². The molecule has 1 atom stereocenters. The van der Waals surface area contributed by atoms with Gasteiger partial charge in [0.15, 0.2) is 8.32 Å². The summed E-state index contributed by atoms with van der Waals surface area (Å²) in [7, 11) is -5.77. The van der Waals surface area contributed by atoms with Crippen LogP contribution in [-0.4, -0.2) is 41.3 Å². The van der Waals surface area contributed by atoms with Gasteiger partial charge >= 0.3 is 0 Å². The van der Waals surface area contributed by atoms with E-state index in [4.69, 9.17) is 27.6 Å². The number of carbonyl (C=O) groups excluding carboxylic acids is 2. The van der Waals surface area contributed by atoms with Crippen molar-refractivity contribution in [1.82, 2.24) is 0 Å². The molecule has 0 bridgehead atoms. The molecular formula is C23H33Cl2NO5SSi. The SMILES string of the molecule is CC(CCC(=O)N(c1cc(Cl)cc(Cl)c1)S(C)(=O)=O)C(=O)C#CCCO[Si](C)(C)C(C)(C)C. The lowest BCUT2D eigenvalue weighted by atomic mass is 10.0. The molecule has 1 rings (SSSR count). The van der Waals surface area contributed by atoms with Crippen molar-refractivity contribution in [3.63, 3.8) is 0 Å². The molecule has 1 aromatic rings. The Kier molecular flexibility index (Phi) is 10.7. The number of anilines is 1. The lowest BCUT2D eigenvalue weighted by Crippen LogP contribution is -2.40. The Bertz CT molecular complexity index is 1020. The van der Waals surface area contributed by atoms with Gasteiger partial charge < -0.3 is 4.43 Å². The fourth-order valence-corrected chi connectivity index (χ4v) is 5.11. The summed E-state index contributed by atoms with van der Waals surface area (Å²) < 4.78 is 31.2. The highest BCUT2D eigenvalue weighted by molar-refractivity contribution is 7.92. The third kappa shape index (κ3) is 9.42. The van der Waals surface area contributed by atoms with E-state index in [1.807, 2.05) is 0 Å². The van der Waals surface area contributed by atoms with Crippen LogP contribution in [-0.2, 0) is 24.0 Å². The van der Waals surface area contributed by atoms with E-state index < -0.39 is 30.2 Å². The standard InChI is InChI=1S/C23H33Cl2NO5SSi/c1-17(21(27)10-8-9-13-31-33(6,7)23(2,3)4)11-12-22(28)26(32(5,29)30)20-15-18(24)14-19(25)16-20/h14-17H,9,11-13H2,1-7H3. The molecular weight excluding hydrogens is 501 g/mol. The lowest BCUT2D eigenvalue weighted by molar-refractivity contribution is -0.119. The topological polar surface area (TPSA) is 80.8 Å². The molecule has 0 heterocycles. The summed E-state index contributed by atoms with van der Waals surface area (Å²) in [5, 5.41) is 0.513. The molecule has 1 aromatic carbocycles. The van der Waals surface area contributed by atoms with Crippen molar-refractivity contribution in [2.75, 3.05) is 17.2 Å². The second-order valence-corrected chi connectivity index (χ2v) is 17.0. The molecule has 0 radical (unpaired) electrons. The van der Waals surface area contributed by atoms with Gasteiger partial charge in [0.1, 0.15) is 0 Å². The molecule has 0 saturated carbocycles. The van der Waals surface area contributed by atoms with Gasteiger partial charge in [-0.05, 0) is 48.7 Å². The van der Waals surface area contributed by atoms with Gasteiger partial charge in [-0.2, -0.15) is 0 Å². The minimum absolute atomic E-state index is 0.0560. The van der Waals surface area contributed by atoms with Crippen molar-refractivity contribution >= 4 is 58.9 Å². The number of sulfonamides is 1. The number of carbonyl (C=O) groups is 2. The van der Waals surface area contributed by atoms with E-state index in [1.165, 1.54) is 18.2 Å². The second kappa shape index (κ2) is 11.9. The monoisotopic (exact) mass is 533 g/mol. The minimum atomic E-state index is -3.92. The summed E-state index contributed by atoms with van der Waals surface area (Å²) in [5.74, 6) is 3.95. The first-order valence-corrected chi connectivity index (χ1v) is 16.1. The third-order valence-electron chi connectivity index (χ3n) is 5.59. The van der Waals surface area contributed by atoms with Crippen LogP contribution in [0.3, 0.4) is 0 Å². The van der Waals surface area contributed by atoms with Crippen LogP contribution in [0.4, 0.5) is 5.69 Å². The maximum Gasteiger partial charge on any atom is 0.240 e. The predicted octanol–water partition coefficient (Wildman–Crippen LogP) is 5.69. The fourth-order valence-electron chi connectivity index (χ4n) is 2.60. The van der Waals surface area contributed by atoms with Gasteiger partial charge in [0, 0.05) is 35.4 Å². The number of hydrogen-bond donors (Lipinski definition) is 0. The van der Waals surface area contributed by atoms with E-state index in [9.17, 15) is 18.0 Å². The summed E-state index contributed by atoms with van der Waals surface area (Å²) >= 11 is 11.9. The Morgan fingerprint density at radius 1 is 1.15 bits per heavy atom. The summed E-state index contributed by atoms with van der Waals surface area (Å²) in [4.78, 5) is 25.0. The van der Waals surface area contributed by atoms with Crippen molar-refractivity contribution in [2.45, 2.75) is 65.1 Å². The van der Waals surface area contributed by atoms with E-state index >= 15 is 0 Å². The van der Waals surface area contributed by atoms with E-state index in [0.717, 1.165) is 6.26 Å². The molecule has 1 unspecified atom stereocenters. The quantitative estimate of drug-likeness (QED) is 0.176. The zero-order valence-electron chi connectivity index (χ0n) is 20.3. The van der Waals surface area contributed by atoms with Gasteiger partial charge in [-0.15, -0.1) is 0 Å². The molecule has 0 fully saturated rings. The highest BCUT2D eigenvalue weighted by Gasteiger charge is 2.36. The van der Waals surface area contributed by atoms with Crippen LogP contribution in [0, 0.1) is 17.8 Å². The number of rotatable bonds is 9. The smallest absolute Gasteiger partial charge is 0.240 e. The molecule has 0 aliphatic heterocycles. The Morgan fingerprint density at radius 3 is 2.18 bits per heavy atom. The molecule has 0 aliphatic rings. The van der Waals surface area contributed by atoms with Crippen LogP contribution in [0.5, 0.6) is 0 Å². The van der Waals surface area contributed by atoms with Crippen LogP contribution in [0.15, 0.2) is 18.2 Å². The minimum Gasteiger partial charge on any atom is -0.416 e. The molecule has 10 heteroatoms. The number of amides is 1. The Labute approximate surface area is 209 Å². The summed E-state index contributed by atoms with van der Waals surface area (Å²) in [5.41, 5.74) is 0.0560. The Morgan fingerprint density at radius 2 is 1.70 bits per heavy atom. The highest BCUT2D eigenvalue weighted by atomic mass is 35.5. The van der Waals surface area contributed by atoms with Crippen LogP contribution in [0.25, 0.3) is 0 Å². The third-order valence-corrected chi connectivity index (χ3v) is 11.6. The van der Waals surface area contributed by atoms with Crippen molar-refractivity contribution < 1.29 is 22.4 Å². The van der Waals surface area contributed by atoms with Crippen LogP contribution >= 0.6 is 23.2 Å². The maximum atomic E-state index is 12.7. The number of Topliss-reactive ketones (excluding diaryl/α,β-unsaturated/α-hetero) is 1. The fraction of sp³-hybridized carbons (Fsp3) is 0.565. The van der Waals surface area contributed by atoms with E-state index in [-0.39, 0.29) is 39.4 Å². The number of ketones is 1. The van der Waals surface area contributed by atoms with Crippen LogP contribution in [0.1, 0.15) is 47.0 Å². The molecule has 0 N–H and O–H groups in total. The zero-order chi connectivity index (χ0) is 25.6. The van der Waals surface area contributed by atoms with Gasteiger partial charge in [0.25, 0.3) is 0 Å². The van der Waals surface area contributed by atoms with E-state index in [1.54, 1.807) is 6.92 Å². The number of nitrogens with zero attached hydrogens (tertiary/aromatic N) is 1. The van der Waals surface area contributed by atoms with E-state index in [0.29, 0.717) is 17.3 Å². The Hall–Kier alpha value is -1.37. The highest BCUT2D eigenvalue weighted by Crippen LogP contribution is 2.36. The molecule has 184 valence electrons. The van der Waals surface area contributed by atoms with Gasteiger partial charge in [-0.25, -0.2) is 12.7 Å². The number of hydrogen-bond acceptors (Lipinski definition) is 5. The molecule has 0 aromatic heterocycles. The average molecular weight is 535 g/mol. The van der Waals surface area contributed by atoms with Gasteiger partial charge in [-0.1, -0.05) is 56.8 Å². The van der Waals surface area contributed by atoms with Crippen LogP contribution < -0.4 is 4.31 Å². The maximum absolute atomic E-state index is 12.7. The largest absolute Gasteiger partial charge is 0.416 e. The number of benzene rings is 1. The van der Waals surface area contributed by atoms with Gasteiger partial charge in [-0.3, -0.25) is 9.59 Å². The first kappa shape index (κ1) is 29.7. The summed E-state index contributed by atoms with van der Waals surface area (Å²) in [6.07, 6.45) is 1.38. The first-order chi connectivity index (χ1) is 15.0. The molecule has 0 saturated heterocycles. The lowest BCUT2D eigenvalue weighted by Gasteiger charge is -2.35. The van der Waals surface area contributed by atoms with Crippen molar-refractivity contribution in [3.8, 4) is 11.8 Å². The zero-order valence-corrected chi connectivity index (χ0v) is 23.6. The van der Waals surface area contributed by atoms with E-state index in [2.05, 4.69) is 45.7 Å². The average Bonchev–Trinajstić information content (AvgIpc) is 2.62. The molecule has 33 heavy (non-hydrogen) atoms. The molecule has 1 amide bonds. The normalized spacial score (nSPS) is 13.1. The van der Waals surface area contributed by atoms with Crippen molar-refractivity contribution in [1.29, 1.82) is 0 Å².